The third-order valence-corrected chi connectivity index (χ3v) is 4.09. The number of anilines is 1. The van der Waals surface area contributed by atoms with E-state index >= 15 is 0 Å². The highest BCUT2D eigenvalue weighted by Gasteiger charge is 2.19. The smallest absolute Gasteiger partial charge is 0.152 e. The predicted molar refractivity (Wildman–Crippen MR) is 98.6 cm³/mol. The summed E-state index contributed by atoms with van der Waals surface area (Å²) in [5.41, 5.74) is 8.24. The maximum absolute atomic E-state index is 10.9. The Kier molecular flexibility index (Phi) is 4.80. The second-order valence-corrected chi connectivity index (χ2v) is 6.12. The third kappa shape index (κ3) is 3.12. The monoisotopic (exact) mass is 342 g/mol. The molecule has 0 spiro atoms. The number of hydrogen-bond donors (Lipinski definition) is 2. The average Bonchev–Trinajstić information content (AvgIpc) is 2.93. The molecule has 25 heavy (non-hydrogen) atoms. The number of ether oxygens (including phenoxy) is 1. The van der Waals surface area contributed by atoms with Crippen LogP contribution in [0.25, 0.3) is 21.9 Å². The molecule has 0 aliphatic heterocycles. The molecule has 0 atom stereocenters. The second-order valence-electron chi connectivity index (χ2n) is 6.12. The first-order valence-electron chi connectivity index (χ1n) is 8.20. The first-order chi connectivity index (χ1) is 12.1. The number of nitrogens with two attached hydrogens (primary N) is 1. The Labute approximate surface area is 145 Å². The van der Waals surface area contributed by atoms with Crippen LogP contribution in [0.4, 0.5) is 5.82 Å². The van der Waals surface area contributed by atoms with Gasteiger partial charge in [0.15, 0.2) is 5.82 Å². The van der Waals surface area contributed by atoms with Gasteiger partial charge in [-0.1, -0.05) is 25.1 Å². The molecule has 8 heteroatoms. The summed E-state index contributed by atoms with van der Waals surface area (Å²) in [7, 11) is 1.62. The summed E-state index contributed by atoms with van der Waals surface area (Å²) in [6.45, 7) is 5.51. The molecule has 0 fully saturated rings. The Morgan fingerprint density at radius 2 is 2.16 bits per heavy atom. The number of nitroso groups, excluding NO2 is 1. The molecule has 0 aliphatic carbocycles. The number of aromatic nitrogens is 3. The lowest BCUT2D eigenvalue weighted by Gasteiger charge is -2.13. The first-order valence-corrected chi connectivity index (χ1v) is 8.20. The summed E-state index contributed by atoms with van der Waals surface area (Å²) in [5, 5.41) is 7.22. The number of hydrogen-bond acceptors (Lipinski definition) is 7. The van der Waals surface area contributed by atoms with Crippen molar-refractivity contribution in [1.82, 2.24) is 19.9 Å². The Morgan fingerprint density at radius 3 is 2.84 bits per heavy atom. The lowest BCUT2D eigenvalue weighted by Crippen LogP contribution is -2.27. The first kappa shape index (κ1) is 17.1. The van der Waals surface area contributed by atoms with Gasteiger partial charge in [-0.15, -0.1) is 0 Å². The van der Waals surface area contributed by atoms with Crippen LogP contribution in [0, 0.1) is 4.91 Å². The second kappa shape index (κ2) is 7.02. The van der Waals surface area contributed by atoms with Gasteiger partial charge < -0.3 is 20.4 Å². The van der Waals surface area contributed by atoms with E-state index in [0.29, 0.717) is 35.5 Å². The lowest BCUT2D eigenvalue weighted by molar-refractivity contribution is 0.420. The molecule has 8 nitrogen and oxygen atoms in total. The van der Waals surface area contributed by atoms with Crippen molar-refractivity contribution in [2.24, 2.45) is 5.18 Å². The van der Waals surface area contributed by atoms with Crippen molar-refractivity contribution in [3.63, 3.8) is 0 Å². The number of rotatable bonds is 7. The Balaban J connectivity index is 2.28. The van der Waals surface area contributed by atoms with Gasteiger partial charge >= 0.3 is 0 Å². The highest BCUT2D eigenvalue weighted by atomic mass is 16.5. The summed E-state index contributed by atoms with van der Waals surface area (Å²) in [6, 6.07) is 5.99. The molecule has 1 aromatic carbocycles. The zero-order valence-electron chi connectivity index (χ0n) is 14.6. The number of imidazole rings is 1. The van der Waals surface area contributed by atoms with E-state index in [2.05, 4.69) is 34.3 Å². The highest BCUT2D eigenvalue weighted by Crippen LogP contribution is 2.34. The van der Waals surface area contributed by atoms with E-state index in [-0.39, 0.29) is 6.54 Å². The van der Waals surface area contributed by atoms with Crippen molar-refractivity contribution < 1.29 is 4.74 Å². The molecule has 0 aliphatic rings. The molecule has 0 saturated heterocycles. The van der Waals surface area contributed by atoms with Gasteiger partial charge in [0.1, 0.15) is 23.6 Å². The van der Waals surface area contributed by atoms with Gasteiger partial charge in [0.2, 0.25) is 0 Å². The molecule has 2 aromatic heterocycles. The summed E-state index contributed by atoms with van der Waals surface area (Å²) >= 11 is 0. The zero-order valence-corrected chi connectivity index (χ0v) is 14.6. The van der Waals surface area contributed by atoms with Crippen LogP contribution >= 0.6 is 0 Å². The SMILES string of the molecule is COc1cccc2nc(N)c3nc(CN=O)n(CCNC(C)C)c3c12. The van der Waals surface area contributed by atoms with Gasteiger partial charge in [0, 0.05) is 19.1 Å². The fourth-order valence-corrected chi connectivity index (χ4v) is 3.02. The Morgan fingerprint density at radius 1 is 1.36 bits per heavy atom. The van der Waals surface area contributed by atoms with E-state index < -0.39 is 0 Å². The van der Waals surface area contributed by atoms with Crippen molar-refractivity contribution in [1.29, 1.82) is 0 Å². The number of fused-ring (bicyclic) bond motifs is 3. The van der Waals surface area contributed by atoms with Gasteiger partial charge in [0.25, 0.3) is 0 Å². The van der Waals surface area contributed by atoms with E-state index in [9.17, 15) is 4.91 Å². The van der Waals surface area contributed by atoms with Crippen molar-refractivity contribution in [2.75, 3.05) is 19.4 Å². The van der Waals surface area contributed by atoms with E-state index in [1.165, 1.54) is 0 Å². The van der Waals surface area contributed by atoms with Crippen LogP contribution in [-0.2, 0) is 13.1 Å². The molecular formula is C17H22N6O2. The summed E-state index contributed by atoms with van der Waals surface area (Å²) in [4.78, 5) is 19.8. The van der Waals surface area contributed by atoms with E-state index in [4.69, 9.17) is 10.5 Å². The molecule has 0 unspecified atom stereocenters. The zero-order chi connectivity index (χ0) is 18.0. The number of nitrogens with zero attached hydrogens (tertiary/aromatic N) is 4. The van der Waals surface area contributed by atoms with Gasteiger partial charge in [-0.25, -0.2) is 9.97 Å². The number of methoxy groups -OCH3 is 1. The largest absolute Gasteiger partial charge is 0.496 e. The van der Waals surface area contributed by atoms with Crippen LogP contribution in [-0.4, -0.2) is 34.2 Å². The van der Waals surface area contributed by atoms with E-state index in [1.807, 2.05) is 22.8 Å². The summed E-state index contributed by atoms with van der Waals surface area (Å²) in [5.74, 6) is 1.60. The van der Waals surface area contributed by atoms with Crippen molar-refractivity contribution in [3.05, 3.63) is 28.9 Å². The van der Waals surface area contributed by atoms with E-state index in [1.54, 1.807) is 7.11 Å². The third-order valence-electron chi connectivity index (χ3n) is 4.09. The van der Waals surface area contributed by atoms with Crippen LogP contribution in [0.2, 0.25) is 0 Å². The number of nitrogens with one attached hydrogen (secondary N) is 1. The molecule has 2 heterocycles. The molecule has 0 saturated carbocycles. The normalized spacial score (nSPS) is 11.5. The van der Waals surface area contributed by atoms with Crippen molar-refractivity contribution in [2.45, 2.75) is 33.0 Å². The van der Waals surface area contributed by atoms with Crippen LogP contribution < -0.4 is 15.8 Å². The quantitative estimate of drug-likeness (QED) is 0.639. The van der Waals surface area contributed by atoms with Crippen molar-refractivity contribution in [3.8, 4) is 5.75 Å². The maximum atomic E-state index is 10.9. The molecule has 0 bridgehead atoms. The standard InChI is InChI=1S/C17H22N6O2/c1-10(2)19-7-8-23-13(9-20-24)22-15-16(23)14-11(21-17(15)18)5-4-6-12(14)25-3/h4-6,10,19H,7-9H2,1-3H3,(H2,18,21). The summed E-state index contributed by atoms with van der Waals surface area (Å²) < 4.78 is 7.50. The number of nitrogen functional groups attached to an aromatic ring is 1. The summed E-state index contributed by atoms with van der Waals surface area (Å²) in [6.07, 6.45) is 0. The number of pyridine rings is 1. The maximum Gasteiger partial charge on any atom is 0.152 e. The van der Waals surface area contributed by atoms with Crippen LogP contribution in [0.3, 0.4) is 0 Å². The fourth-order valence-electron chi connectivity index (χ4n) is 3.02. The molecule has 0 radical (unpaired) electrons. The van der Waals surface area contributed by atoms with Crippen LogP contribution in [0.1, 0.15) is 19.7 Å². The average molecular weight is 342 g/mol. The minimum absolute atomic E-state index is 0.0214. The Hall–Kier alpha value is -2.74. The minimum Gasteiger partial charge on any atom is -0.496 e. The fraction of sp³-hybridized carbons (Fsp3) is 0.412. The number of benzene rings is 1. The van der Waals surface area contributed by atoms with Crippen LogP contribution in [0.5, 0.6) is 5.75 Å². The van der Waals surface area contributed by atoms with Crippen LogP contribution in [0.15, 0.2) is 23.4 Å². The van der Waals surface area contributed by atoms with Gasteiger partial charge in [-0.05, 0) is 12.1 Å². The highest BCUT2D eigenvalue weighted by molar-refractivity contribution is 6.09. The minimum atomic E-state index is -0.0214. The molecule has 132 valence electrons. The topological polar surface area (TPSA) is 107 Å². The molecule has 0 amide bonds. The molecule has 3 aromatic rings. The van der Waals surface area contributed by atoms with E-state index in [0.717, 1.165) is 23.0 Å². The molecule has 3 N–H and O–H groups in total. The molecular weight excluding hydrogens is 320 g/mol. The molecule has 3 rings (SSSR count). The van der Waals surface area contributed by atoms with Gasteiger partial charge in [0.05, 0.1) is 23.5 Å². The van der Waals surface area contributed by atoms with Crippen molar-refractivity contribution >= 4 is 27.8 Å². The predicted octanol–water partition coefficient (Wildman–Crippen LogP) is 2.44. The lowest BCUT2D eigenvalue weighted by atomic mass is 10.1. The van der Waals surface area contributed by atoms with Gasteiger partial charge in [-0.2, -0.15) is 4.91 Å². The Bertz CT molecular complexity index is 919. The van der Waals surface area contributed by atoms with Gasteiger partial charge in [-0.3, -0.25) is 0 Å².